The van der Waals surface area contributed by atoms with Gasteiger partial charge in [0.15, 0.2) is 23.1 Å². The van der Waals surface area contributed by atoms with E-state index in [9.17, 15) is 0 Å². The molecule has 10 nitrogen and oxygen atoms in total. The molecule has 5 heterocycles. The Hall–Kier alpha value is -4.22. The van der Waals surface area contributed by atoms with E-state index in [1.165, 1.54) is 12.7 Å². The number of ether oxygens (including phenoxy) is 1. The number of nitrogens with zero attached hydrogens (tertiary/aromatic N) is 7. The first-order valence-corrected chi connectivity index (χ1v) is 11.6. The Labute approximate surface area is 217 Å². The van der Waals surface area contributed by atoms with E-state index in [-0.39, 0.29) is 18.1 Å². The zero-order valence-corrected chi connectivity index (χ0v) is 20.7. The number of rotatable bonds is 5. The summed E-state index contributed by atoms with van der Waals surface area (Å²) in [5.41, 5.74) is 3.42. The summed E-state index contributed by atoms with van der Waals surface area (Å²) in [7, 11) is 0. The lowest BCUT2D eigenvalue weighted by molar-refractivity contribution is 0.471. The smallest absolute Gasteiger partial charge is 0.160 e. The van der Waals surface area contributed by atoms with Crippen molar-refractivity contribution in [1.82, 2.24) is 39.9 Å². The van der Waals surface area contributed by atoms with Crippen LogP contribution in [0.15, 0.2) is 55.4 Å². The van der Waals surface area contributed by atoms with Crippen molar-refractivity contribution in [2.45, 2.75) is 19.8 Å². The van der Waals surface area contributed by atoms with Gasteiger partial charge in [-0.1, -0.05) is 6.08 Å². The number of nitrogens with one attached hydrogen (secondary N) is 2. The number of anilines is 2. The third-order valence-electron chi connectivity index (χ3n) is 6.03. The summed E-state index contributed by atoms with van der Waals surface area (Å²) in [6.07, 6.45) is 10.3. The van der Waals surface area contributed by atoms with Crippen molar-refractivity contribution in [2.75, 3.05) is 18.4 Å². The molecule has 0 fully saturated rings. The summed E-state index contributed by atoms with van der Waals surface area (Å²) in [5, 5.41) is 10.5. The fourth-order valence-corrected chi connectivity index (χ4v) is 4.10. The molecule has 1 aliphatic heterocycles. The van der Waals surface area contributed by atoms with E-state index in [1.807, 2.05) is 0 Å². The molecule has 0 amide bonds. The Morgan fingerprint density at radius 2 is 2.03 bits per heavy atom. The maximum absolute atomic E-state index is 15.4. The summed E-state index contributed by atoms with van der Waals surface area (Å²) in [6, 6.07) is 6.81. The van der Waals surface area contributed by atoms with Gasteiger partial charge in [-0.15, -0.1) is 12.4 Å². The second-order valence-electron chi connectivity index (χ2n) is 8.39. The second kappa shape index (κ2) is 10.4. The molecule has 37 heavy (non-hydrogen) atoms. The van der Waals surface area contributed by atoms with E-state index in [2.05, 4.69) is 41.7 Å². The Bertz CT molecular complexity index is 1620. The molecule has 0 atom stereocenters. The SMILES string of the molecule is Cc1c(Oc2ccn3ncnc3c2)ccc(Nc2ncnc3cnc(C4=CCNCCC4)nc23)c1F.Cl. The fraction of sp³-hybridized carbons (Fsp3) is 0.200. The summed E-state index contributed by atoms with van der Waals surface area (Å²) < 4.78 is 23.0. The van der Waals surface area contributed by atoms with Crippen LogP contribution in [0.25, 0.3) is 22.3 Å². The highest BCUT2D eigenvalue weighted by Crippen LogP contribution is 2.33. The average molecular weight is 520 g/mol. The number of pyridine rings is 1. The molecule has 4 aromatic heterocycles. The molecule has 0 aliphatic carbocycles. The lowest BCUT2D eigenvalue weighted by atomic mass is 10.1. The molecule has 0 unspecified atom stereocenters. The molecule has 0 bridgehead atoms. The van der Waals surface area contributed by atoms with Crippen LogP contribution in [-0.2, 0) is 0 Å². The number of hydrogen-bond donors (Lipinski definition) is 2. The summed E-state index contributed by atoms with van der Waals surface area (Å²) in [5.74, 6) is 1.52. The number of benzene rings is 1. The second-order valence-corrected chi connectivity index (χ2v) is 8.39. The number of aromatic nitrogens is 7. The lowest BCUT2D eigenvalue weighted by Crippen LogP contribution is -2.12. The molecule has 188 valence electrons. The maximum atomic E-state index is 15.4. The average Bonchev–Trinajstić information content (AvgIpc) is 3.20. The molecule has 1 aromatic carbocycles. The van der Waals surface area contributed by atoms with E-state index < -0.39 is 5.82 Å². The third kappa shape index (κ3) is 4.91. The van der Waals surface area contributed by atoms with Crippen LogP contribution in [0.4, 0.5) is 15.9 Å². The molecule has 0 spiro atoms. The van der Waals surface area contributed by atoms with Crippen molar-refractivity contribution in [1.29, 1.82) is 0 Å². The molecule has 5 aromatic rings. The molecular weight excluding hydrogens is 497 g/mol. The normalized spacial score (nSPS) is 13.6. The van der Waals surface area contributed by atoms with Gasteiger partial charge in [-0.3, -0.25) is 0 Å². The van der Waals surface area contributed by atoms with Gasteiger partial charge in [0.1, 0.15) is 35.2 Å². The van der Waals surface area contributed by atoms with E-state index in [4.69, 9.17) is 9.72 Å². The van der Waals surface area contributed by atoms with Gasteiger partial charge in [0.25, 0.3) is 0 Å². The van der Waals surface area contributed by atoms with Crippen molar-refractivity contribution >= 4 is 46.2 Å². The molecule has 2 N–H and O–H groups in total. The van der Waals surface area contributed by atoms with Crippen LogP contribution in [0.5, 0.6) is 11.5 Å². The Kier molecular flexibility index (Phi) is 6.89. The van der Waals surface area contributed by atoms with Crippen LogP contribution >= 0.6 is 12.4 Å². The van der Waals surface area contributed by atoms with Crippen LogP contribution < -0.4 is 15.4 Å². The molecule has 0 saturated carbocycles. The summed E-state index contributed by atoms with van der Waals surface area (Å²) in [4.78, 5) is 22.0. The Morgan fingerprint density at radius 3 is 2.95 bits per heavy atom. The van der Waals surface area contributed by atoms with Crippen molar-refractivity contribution in [2.24, 2.45) is 0 Å². The first-order chi connectivity index (χ1) is 17.7. The highest BCUT2D eigenvalue weighted by molar-refractivity contribution is 5.87. The van der Waals surface area contributed by atoms with Gasteiger partial charge in [0.2, 0.25) is 0 Å². The van der Waals surface area contributed by atoms with Crippen molar-refractivity contribution < 1.29 is 9.13 Å². The lowest BCUT2D eigenvalue weighted by Gasteiger charge is -2.14. The van der Waals surface area contributed by atoms with Crippen LogP contribution in [0.2, 0.25) is 0 Å². The molecule has 12 heteroatoms. The standard InChI is InChI=1S/C25H22FN9O.ClH/c1-15-20(36-17-7-10-35-21(11-17)30-14-32-35)5-4-18(22(15)26)33-25-23-19(29-13-31-25)12-28-24(34-23)16-3-2-8-27-9-6-16;/h4-7,10-14,27H,2-3,8-9H2,1H3,(H,29,31,33);1H. The first kappa shape index (κ1) is 24.5. The number of fused-ring (bicyclic) bond motifs is 2. The molecule has 6 rings (SSSR count). The monoisotopic (exact) mass is 519 g/mol. The molecule has 0 radical (unpaired) electrons. The van der Waals surface area contributed by atoms with E-state index >= 15 is 4.39 Å². The first-order valence-electron chi connectivity index (χ1n) is 11.6. The topological polar surface area (TPSA) is 115 Å². The quantitative estimate of drug-likeness (QED) is 0.342. The predicted octanol–water partition coefficient (Wildman–Crippen LogP) is 4.63. The summed E-state index contributed by atoms with van der Waals surface area (Å²) >= 11 is 0. The van der Waals surface area contributed by atoms with Crippen molar-refractivity contribution in [3.05, 3.63) is 72.6 Å². The number of allylic oxidation sites excluding steroid dienone is 1. The Balaban J connectivity index is 0.00000280. The highest BCUT2D eigenvalue weighted by Gasteiger charge is 2.16. The van der Waals surface area contributed by atoms with E-state index in [1.54, 1.807) is 48.1 Å². The Morgan fingerprint density at radius 1 is 1.11 bits per heavy atom. The number of halogens is 2. The zero-order chi connectivity index (χ0) is 24.5. The van der Waals surface area contributed by atoms with Gasteiger partial charge >= 0.3 is 0 Å². The van der Waals surface area contributed by atoms with Gasteiger partial charge in [-0.05, 0) is 50.1 Å². The van der Waals surface area contributed by atoms with Gasteiger partial charge in [-0.25, -0.2) is 33.8 Å². The maximum Gasteiger partial charge on any atom is 0.160 e. The molecule has 1 aliphatic rings. The highest BCUT2D eigenvalue weighted by atomic mass is 35.5. The van der Waals surface area contributed by atoms with Crippen LogP contribution in [0.3, 0.4) is 0 Å². The number of hydrogen-bond acceptors (Lipinski definition) is 9. The fourth-order valence-electron chi connectivity index (χ4n) is 4.10. The van der Waals surface area contributed by atoms with Gasteiger partial charge in [0, 0.05) is 24.4 Å². The van der Waals surface area contributed by atoms with Gasteiger partial charge in [0.05, 0.1) is 11.9 Å². The minimum atomic E-state index is -0.449. The molecular formula is C25H23ClFN9O. The van der Waals surface area contributed by atoms with Crippen LogP contribution in [0.1, 0.15) is 24.2 Å². The van der Waals surface area contributed by atoms with Crippen LogP contribution in [0, 0.1) is 12.7 Å². The molecule has 0 saturated heterocycles. The third-order valence-corrected chi connectivity index (χ3v) is 6.03. The largest absolute Gasteiger partial charge is 0.457 e. The van der Waals surface area contributed by atoms with Crippen molar-refractivity contribution in [3.63, 3.8) is 0 Å². The van der Waals surface area contributed by atoms with E-state index in [0.29, 0.717) is 45.4 Å². The minimum absolute atomic E-state index is 0. The zero-order valence-electron chi connectivity index (χ0n) is 19.8. The van der Waals surface area contributed by atoms with Gasteiger partial charge in [-0.2, -0.15) is 5.10 Å². The van der Waals surface area contributed by atoms with Crippen molar-refractivity contribution in [3.8, 4) is 11.5 Å². The predicted molar refractivity (Wildman–Crippen MR) is 140 cm³/mol. The van der Waals surface area contributed by atoms with E-state index in [0.717, 1.165) is 31.5 Å². The van der Waals surface area contributed by atoms with Crippen LogP contribution in [-0.4, -0.2) is 47.6 Å². The minimum Gasteiger partial charge on any atom is -0.457 e. The summed E-state index contributed by atoms with van der Waals surface area (Å²) in [6.45, 7) is 3.40. The van der Waals surface area contributed by atoms with Gasteiger partial charge < -0.3 is 15.4 Å².